The summed E-state index contributed by atoms with van der Waals surface area (Å²) in [5.41, 5.74) is 3.95. The van der Waals surface area contributed by atoms with Crippen molar-refractivity contribution in [2.24, 2.45) is 0 Å². The Balaban J connectivity index is 2.92. The van der Waals surface area contributed by atoms with Crippen LogP contribution in [0.25, 0.3) is 10.9 Å². The number of benzene rings is 1. The number of aryl methyl sites for hydroxylation is 2. The molecular weight excluding hydrogens is 189 g/mol. The van der Waals surface area contributed by atoms with Gasteiger partial charge in [-0.2, -0.15) is 0 Å². The highest BCUT2D eigenvalue weighted by Crippen LogP contribution is 2.25. The van der Waals surface area contributed by atoms with E-state index in [1.807, 2.05) is 19.9 Å². The summed E-state index contributed by atoms with van der Waals surface area (Å²) in [6.45, 7) is 6.03. The predicted molar refractivity (Wildman–Crippen MR) is 60.6 cm³/mol. The van der Waals surface area contributed by atoms with Gasteiger partial charge in [0.05, 0.1) is 5.52 Å². The molecule has 0 aliphatic carbocycles. The van der Waals surface area contributed by atoms with Gasteiger partial charge in [0, 0.05) is 11.1 Å². The van der Waals surface area contributed by atoms with Gasteiger partial charge in [0.1, 0.15) is 5.82 Å². The van der Waals surface area contributed by atoms with Crippen LogP contribution in [0.3, 0.4) is 0 Å². The lowest BCUT2D eigenvalue weighted by Gasteiger charge is -2.10. The third kappa shape index (κ3) is 1.50. The van der Waals surface area contributed by atoms with E-state index in [1.165, 1.54) is 6.07 Å². The van der Waals surface area contributed by atoms with E-state index in [9.17, 15) is 4.39 Å². The molecule has 0 aliphatic heterocycles. The summed E-state index contributed by atoms with van der Waals surface area (Å²) in [4.78, 5) is 4.43. The van der Waals surface area contributed by atoms with Gasteiger partial charge in [-0.15, -0.1) is 0 Å². The molecule has 0 radical (unpaired) electrons. The van der Waals surface area contributed by atoms with Crippen LogP contribution in [0.4, 0.5) is 4.39 Å². The number of aromatic nitrogens is 1. The maximum Gasteiger partial charge on any atom is 0.132 e. The van der Waals surface area contributed by atoms with Crippen LogP contribution in [0, 0.1) is 19.7 Å². The third-order valence-electron chi connectivity index (χ3n) is 2.90. The summed E-state index contributed by atoms with van der Waals surface area (Å²) in [5.74, 6) is -0.174. The maximum absolute atomic E-state index is 13.7. The maximum atomic E-state index is 13.7. The number of nitrogens with zero attached hydrogens (tertiary/aromatic N) is 1. The average molecular weight is 203 g/mol. The minimum Gasteiger partial charge on any atom is -0.253 e. The van der Waals surface area contributed by atoms with E-state index in [-0.39, 0.29) is 5.82 Å². The fourth-order valence-electron chi connectivity index (χ4n) is 2.17. The molecule has 0 saturated carbocycles. The molecule has 15 heavy (non-hydrogen) atoms. The Kier molecular flexibility index (Phi) is 2.43. The topological polar surface area (TPSA) is 12.9 Å². The molecule has 0 N–H and O–H groups in total. The zero-order valence-corrected chi connectivity index (χ0v) is 9.26. The van der Waals surface area contributed by atoms with Crippen molar-refractivity contribution >= 4 is 10.9 Å². The molecule has 0 bridgehead atoms. The van der Waals surface area contributed by atoms with Gasteiger partial charge in [-0.25, -0.2) is 4.39 Å². The highest BCUT2D eigenvalue weighted by atomic mass is 19.1. The predicted octanol–water partition coefficient (Wildman–Crippen LogP) is 3.55. The van der Waals surface area contributed by atoms with Gasteiger partial charge in [-0.1, -0.05) is 13.0 Å². The summed E-state index contributed by atoms with van der Waals surface area (Å²) in [6, 6.07) is 5.05. The molecule has 0 fully saturated rings. The van der Waals surface area contributed by atoms with Gasteiger partial charge in [0.2, 0.25) is 0 Å². The first-order valence-corrected chi connectivity index (χ1v) is 5.19. The van der Waals surface area contributed by atoms with Crippen LogP contribution in [0.1, 0.15) is 23.7 Å². The molecule has 0 saturated heterocycles. The number of fused-ring (bicyclic) bond motifs is 1. The van der Waals surface area contributed by atoms with E-state index in [1.54, 1.807) is 6.07 Å². The van der Waals surface area contributed by atoms with Crippen LogP contribution in [-0.4, -0.2) is 4.98 Å². The first kappa shape index (κ1) is 10.1. The van der Waals surface area contributed by atoms with Gasteiger partial charge >= 0.3 is 0 Å². The highest BCUT2D eigenvalue weighted by molar-refractivity contribution is 5.84. The molecule has 2 rings (SSSR count). The SMILES string of the molecule is CCc1c(C)nc2cccc(F)c2c1C. The first-order chi connectivity index (χ1) is 7.15. The molecule has 0 atom stereocenters. The summed E-state index contributed by atoms with van der Waals surface area (Å²) in [5, 5.41) is 0.667. The van der Waals surface area contributed by atoms with Crippen molar-refractivity contribution in [3.05, 3.63) is 40.8 Å². The molecule has 78 valence electrons. The van der Waals surface area contributed by atoms with Gasteiger partial charge in [0.15, 0.2) is 0 Å². The second kappa shape index (κ2) is 3.61. The molecular formula is C13H14FN. The molecule has 1 aromatic heterocycles. The lowest BCUT2D eigenvalue weighted by molar-refractivity contribution is 0.638. The van der Waals surface area contributed by atoms with Crippen molar-refractivity contribution in [3.8, 4) is 0 Å². The largest absolute Gasteiger partial charge is 0.253 e. The Morgan fingerprint density at radius 3 is 2.67 bits per heavy atom. The molecule has 0 unspecified atom stereocenters. The second-order valence-electron chi connectivity index (χ2n) is 3.79. The number of hydrogen-bond acceptors (Lipinski definition) is 1. The standard InChI is InChI=1S/C13H14FN/c1-4-10-8(2)13-11(14)6-5-7-12(13)15-9(10)3/h5-7H,4H2,1-3H3. The van der Waals surface area contributed by atoms with Crippen LogP contribution in [0.2, 0.25) is 0 Å². The zero-order valence-electron chi connectivity index (χ0n) is 9.26. The molecule has 0 aliphatic rings. The number of halogens is 1. The summed E-state index contributed by atoms with van der Waals surface area (Å²) in [7, 11) is 0. The van der Waals surface area contributed by atoms with Gasteiger partial charge in [-0.3, -0.25) is 4.98 Å². The normalized spacial score (nSPS) is 10.9. The Labute approximate surface area is 89.0 Å². The fourth-order valence-corrected chi connectivity index (χ4v) is 2.17. The van der Waals surface area contributed by atoms with Crippen molar-refractivity contribution in [2.45, 2.75) is 27.2 Å². The van der Waals surface area contributed by atoms with E-state index >= 15 is 0 Å². The quantitative estimate of drug-likeness (QED) is 0.690. The van der Waals surface area contributed by atoms with Crippen molar-refractivity contribution < 1.29 is 4.39 Å². The van der Waals surface area contributed by atoms with Crippen LogP contribution < -0.4 is 0 Å². The Morgan fingerprint density at radius 1 is 1.27 bits per heavy atom. The average Bonchev–Trinajstić information content (AvgIpc) is 2.17. The van der Waals surface area contributed by atoms with E-state index in [2.05, 4.69) is 11.9 Å². The highest BCUT2D eigenvalue weighted by Gasteiger charge is 2.10. The van der Waals surface area contributed by atoms with Crippen molar-refractivity contribution in [3.63, 3.8) is 0 Å². The van der Waals surface area contributed by atoms with Crippen LogP contribution >= 0.6 is 0 Å². The Hall–Kier alpha value is -1.44. The molecule has 0 amide bonds. The van der Waals surface area contributed by atoms with Crippen LogP contribution in [0.15, 0.2) is 18.2 Å². The summed E-state index contributed by atoms with van der Waals surface area (Å²) < 4.78 is 13.7. The zero-order chi connectivity index (χ0) is 11.0. The van der Waals surface area contributed by atoms with Gasteiger partial charge in [0.25, 0.3) is 0 Å². The molecule has 1 nitrogen and oxygen atoms in total. The van der Waals surface area contributed by atoms with E-state index < -0.39 is 0 Å². The molecule has 1 aromatic carbocycles. The minimum atomic E-state index is -0.174. The lowest BCUT2D eigenvalue weighted by Crippen LogP contribution is -1.98. The van der Waals surface area contributed by atoms with E-state index in [0.717, 1.165) is 28.8 Å². The Morgan fingerprint density at radius 2 is 2.00 bits per heavy atom. The van der Waals surface area contributed by atoms with Crippen molar-refractivity contribution in [2.75, 3.05) is 0 Å². The van der Waals surface area contributed by atoms with Crippen LogP contribution in [0.5, 0.6) is 0 Å². The summed E-state index contributed by atoms with van der Waals surface area (Å²) >= 11 is 0. The van der Waals surface area contributed by atoms with Gasteiger partial charge in [-0.05, 0) is 43.5 Å². The number of hydrogen-bond donors (Lipinski definition) is 0. The van der Waals surface area contributed by atoms with Crippen LogP contribution in [-0.2, 0) is 6.42 Å². The number of rotatable bonds is 1. The molecule has 0 spiro atoms. The Bertz CT molecular complexity index is 517. The summed E-state index contributed by atoms with van der Waals surface area (Å²) in [6.07, 6.45) is 0.898. The molecule has 2 heteroatoms. The van der Waals surface area contributed by atoms with E-state index in [4.69, 9.17) is 0 Å². The third-order valence-corrected chi connectivity index (χ3v) is 2.90. The van der Waals surface area contributed by atoms with Gasteiger partial charge < -0.3 is 0 Å². The number of pyridine rings is 1. The van der Waals surface area contributed by atoms with Crippen molar-refractivity contribution in [1.29, 1.82) is 0 Å². The lowest BCUT2D eigenvalue weighted by atomic mass is 10.00. The molecule has 2 aromatic rings. The smallest absolute Gasteiger partial charge is 0.132 e. The van der Waals surface area contributed by atoms with E-state index in [0.29, 0.717) is 5.39 Å². The monoisotopic (exact) mass is 203 g/mol. The second-order valence-corrected chi connectivity index (χ2v) is 3.79. The molecule has 1 heterocycles. The fraction of sp³-hybridized carbons (Fsp3) is 0.308. The minimum absolute atomic E-state index is 0.174. The first-order valence-electron chi connectivity index (χ1n) is 5.19. The van der Waals surface area contributed by atoms with Crippen molar-refractivity contribution in [1.82, 2.24) is 4.98 Å².